The van der Waals surface area contributed by atoms with Gasteiger partial charge in [-0.15, -0.1) is 22.7 Å². The van der Waals surface area contributed by atoms with Crippen LogP contribution in [-0.4, -0.2) is 20.9 Å². The first kappa shape index (κ1) is 15.3. The lowest BCUT2D eigenvalue weighted by Crippen LogP contribution is -3.12. The Morgan fingerprint density at radius 2 is 2.26 bits per heavy atom. The first-order valence-electron chi connectivity index (χ1n) is 7.84. The largest absolute Gasteiger partial charge is 0.307 e. The highest BCUT2D eigenvalue weighted by atomic mass is 32.1. The predicted molar refractivity (Wildman–Crippen MR) is 96.7 cm³/mol. The van der Waals surface area contributed by atoms with Crippen LogP contribution in [-0.2, 0) is 19.6 Å². The van der Waals surface area contributed by atoms with Crippen LogP contribution >= 0.6 is 34.9 Å². The molecule has 0 aromatic carbocycles. The maximum Gasteiger partial charge on any atom is 0.202 e. The van der Waals surface area contributed by atoms with Crippen LogP contribution in [0.1, 0.15) is 28.3 Å². The highest BCUT2D eigenvalue weighted by molar-refractivity contribution is 7.71. The second kappa shape index (κ2) is 6.32. The minimum atomic E-state index is 0.402. The van der Waals surface area contributed by atoms with E-state index in [0.29, 0.717) is 6.04 Å². The van der Waals surface area contributed by atoms with E-state index in [1.807, 2.05) is 38.2 Å². The smallest absolute Gasteiger partial charge is 0.202 e. The van der Waals surface area contributed by atoms with Gasteiger partial charge in [-0.2, -0.15) is 9.78 Å². The fourth-order valence-corrected chi connectivity index (χ4v) is 5.43. The monoisotopic (exact) mass is 363 g/mol. The van der Waals surface area contributed by atoms with Gasteiger partial charge < -0.3 is 9.47 Å². The van der Waals surface area contributed by atoms with Crippen molar-refractivity contribution in [2.24, 2.45) is 0 Å². The highest BCUT2D eigenvalue weighted by Gasteiger charge is 2.34. The molecule has 0 aliphatic carbocycles. The lowest BCUT2D eigenvalue weighted by atomic mass is 9.99. The molecule has 0 spiro atoms. The summed E-state index contributed by atoms with van der Waals surface area (Å²) in [5.41, 5.74) is 1.49. The zero-order valence-corrected chi connectivity index (χ0v) is 15.4. The van der Waals surface area contributed by atoms with Crippen LogP contribution in [0.15, 0.2) is 35.3 Å². The highest BCUT2D eigenvalue weighted by Crippen LogP contribution is 2.31. The quantitative estimate of drug-likeness (QED) is 0.722. The molecule has 0 amide bonds. The van der Waals surface area contributed by atoms with E-state index in [0.717, 1.165) is 31.0 Å². The van der Waals surface area contributed by atoms with Gasteiger partial charge in [0, 0.05) is 23.4 Å². The fraction of sp³-hybridized carbons (Fsp3) is 0.375. The molecule has 3 aromatic rings. The van der Waals surface area contributed by atoms with E-state index in [2.05, 4.69) is 41.0 Å². The van der Waals surface area contributed by atoms with Crippen molar-refractivity contribution in [3.8, 4) is 0 Å². The molecule has 0 radical (unpaired) electrons. The van der Waals surface area contributed by atoms with E-state index < -0.39 is 0 Å². The standard InChI is InChI=1S/C16H18N4S3/c1-2-18-10-17-20(16(18)21)11-19-7-5-13-12(6-9-23-13)15(19)14-4-3-8-22-14/h3-4,6,8-10,15H,2,5,7,11H2,1H3/p+1/t15-/m1/s1. The predicted octanol–water partition coefficient (Wildman–Crippen LogP) is 2.75. The van der Waals surface area contributed by atoms with Crippen molar-refractivity contribution in [2.45, 2.75) is 32.6 Å². The van der Waals surface area contributed by atoms with Crippen molar-refractivity contribution < 1.29 is 4.90 Å². The third-order valence-corrected chi connectivity index (χ3v) is 6.87. The normalized spacial score (nSPS) is 20.6. The second-order valence-electron chi connectivity index (χ2n) is 5.76. The number of hydrogen-bond donors (Lipinski definition) is 1. The molecular weight excluding hydrogens is 344 g/mol. The van der Waals surface area contributed by atoms with Gasteiger partial charge in [-0.25, -0.2) is 0 Å². The Balaban J connectivity index is 1.70. The number of nitrogens with one attached hydrogen (secondary N) is 1. The van der Waals surface area contributed by atoms with Gasteiger partial charge in [0.2, 0.25) is 4.77 Å². The van der Waals surface area contributed by atoms with Gasteiger partial charge in [-0.1, -0.05) is 6.07 Å². The maximum atomic E-state index is 5.55. The van der Waals surface area contributed by atoms with E-state index in [9.17, 15) is 0 Å². The van der Waals surface area contributed by atoms with Crippen molar-refractivity contribution in [1.82, 2.24) is 14.3 Å². The molecule has 0 fully saturated rings. The van der Waals surface area contributed by atoms with Crippen molar-refractivity contribution in [2.75, 3.05) is 6.54 Å². The summed E-state index contributed by atoms with van der Waals surface area (Å²) in [5.74, 6) is 0. The minimum absolute atomic E-state index is 0.402. The van der Waals surface area contributed by atoms with Crippen molar-refractivity contribution in [3.05, 3.63) is 55.4 Å². The molecule has 4 nitrogen and oxygen atoms in total. The van der Waals surface area contributed by atoms with Gasteiger partial charge in [-0.05, 0) is 42.0 Å². The Morgan fingerprint density at radius 1 is 1.35 bits per heavy atom. The molecule has 7 heteroatoms. The van der Waals surface area contributed by atoms with E-state index in [1.165, 1.54) is 20.2 Å². The lowest BCUT2D eigenvalue weighted by Gasteiger charge is -2.31. The van der Waals surface area contributed by atoms with Crippen molar-refractivity contribution in [1.29, 1.82) is 0 Å². The van der Waals surface area contributed by atoms with E-state index in [1.54, 1.807) is 0 Å². The summed E-state index contributed by atoms with van der Waals surface area (Å²) in [6.45, 7) is 4.92. The average molecular weight is 364 g/mol. The fourth-order valence-electron chi connectivity index (χ4n) is 3.32. The molecule has 0 bridgehead atoms. The molecule has 3 aromatic heterocycles. The number of quaternary nitrogens is 1. The number of rotatable bonds is 4. The van der Waals surface area contributed by atoms with E-state index in [-0.39, 0.29) is 0 Å². The molecular formula is C16H19N4S3+. The molecule has 1 unspecified atom stereocenters. The molecule has 1 aliphatic heterocycles. The molecule has 120 valence electrons. The van der Waals surface area contributed by atoms with Crippen molar-refractivity contribution in [3.63, 3.8) is 0 Å². The van der Waals surface area contributed by atoms with Gasteiger partial charge >= 0.3 is 0 Å². The number of aryl methyl sites for hydroxylation is 1. The summed E-state index contributed by atoms with van der Waals surface area (Å²) in [4.78, 5) is 4.49. The SMILES string of the molecule is CCn1cnn(C[NH+]2CCc3sccc3[C@@H]2c2cccs2)c1=S. The summed E-state index contributed by atoms with van der Waals surface area (Å²) in [6.07, 6.45) is 2.99. The summed E-state index contributed by atoms with van der Waals surface area (Å²) in [6, 6.07) is 7.11. The van der Waals surface area contributed by atoms with Gasteiger partial charge in [-0.3, -0.25) is 0 Å². The van der Waals surface area contributed by atoms with Gasteiger partial charge in [0.15, 0.2) is 12.7 Å². The Bertz CT molecular complexity index is 843. The van der Waals surface area contributed by atoms with E-state index >= 15 is 0 Å². The summed E-state index contributed by atoms with van der Waals surface area (Å²) < 4.78 is 4.82. The van der Waals surface area contributed by atoms with Crippen LogP contribution in [0.25, 0.3) is 0 Å². The summed E-state index contributed by atoms with van der Waals surface area (Å²) in [5, 5.41) is 8.90. The summed E-state index contributed by atoms with van der Waals surface area (Å²) in [7, 11) is 0. The Hall–Kier alpha value is -1.28. The Morgan fingerprint density at radius 3 is 3.00 bits per heavy atom. The maximum absolute atomic E-state index is 5.55. The van der Waals surface area contributed by atoms with Gasteiger partial charge in [0.1, 0.15) is 6.33 Å². The summed E-state index contributed by atoms with van der Waals surface area (Å²) >= 11 is 9.28. The van der Waals surface area contributed by atoms with Crippen LogP contribution < -0.4 is 4.90 Å². The molecule has 1 N–H and O–H groups in total. The number of nitrogens with zero attached hydrogens (tertiary/aromatic N) is 3. The molecule has 1 aliphatic rings. The molecule has 0 saturated carbocycles. The topological polar surface area (TPSA) is 27.2 Å². The number of hydrogen-bond acceptors (Lipinski definition) is 4. The average Bonchev–Trinajstić information content (AvgIpc) is 3.29. The zero-order chi connectivity index (χ0) is 15.8. The lowest BCUT2D eigenvalue weighted by molar-refractivity contribution is -0.950. The van der Waals surface area contributed by atoms with Crippen LogP contribution in [0.2, 0.25) is 0 Å². The Labute approximate surface area is 148 Å². The first-order chi connectivity index (χ1) is 11.3. The van der Waals surface area contributed by atoms with E-state index in [4.69, 9.17) is 12.2 Å². The zero-order valence-electron chi connectivity index (χ0n) is 12.9. The third kappa shape index (κ3) is 2.71. The minimum Gasteiger partial charge on any atom is -0.307 e. The molecule has 23 heavy (non-hydrogen) atoms. The van der Waals surface area contributed by atoms with Crippen molar-refractivity contribution >= 4 is 34.9 Å². The Kier molecular flexibility index (Phi) is 4.19. The number of thiophene rings is 2. The van der Waals surface area contributed by atoms with Crippen LogP contribution in [0.3, 0.4) is 0 Å². The molecule has 0 saturated heterocycles. The number of aromatic nitrogens is 3. The molecule has 2 atom stereocenters. The van der Waals surface area contributed by atoms with Gasteiger partial charge in [0.25, 0.3) is 0 Å². The molecule has 4 rings (SSSR count). The number of fused-ring (bicyclic) bond motifs is 1. The third-order valence-electron chi connectivity index (χ3n) is 4.49. The molecule has 4 heterocycles. The second-order valence-corrected chi connectivity index (χ2v) is 8.11. The van der Waals surface area contributed by atoms with Crippen LogP contribution in [0, 0.1) is 4.77 Å². The van der Waals surface area contributed by atoms with Crippen LogP contribution in [0.4, 0.5) is 0 Å². The van der Waals surface area contributed by atoms with Crippen LogP contribution in [0.5, 0.6) is 0 Å². The first-order valence-corrected chi connectivity index (χ1v) is 10.0. The van der Waals surface area contributed by atoms with Gasteiger partial charge in [0.05, 0.1) is 11.4 Å².